The molecule has 0 bridgehead atoms. The largest absolute Gasteiger partial charge is 0.381 e. The van der Waals surface area contributed by atoms with Crippen LogP contribution in [0.3, 0.4) is 0 Å². The number of hydrogen-bond acceptors (Lipinski definition) is 3. The molecule has 1 fully saturated rings. The normalized spacial score (nSPS) is 24.7. The lowest BCUT2D eigenvalue weighted by Gasteiger charge is -2.00. The second kappa shape index (κ2) is 3.51. The third-order valence-electron chi connectivity index (χ3n) is 1.57. The van der Waals surface area contributed by atoms with Crippen LogP contribution in [-0.4, -0.2) is 19.2 Å². The predicted octanol–water partition coefficient (Wildman–Crippen LogP) is 0.841. The van der Waals surface area contributed by atoms with Gasteiger partial charge >= 0.3 is 5.97 Å². The molecular formula is C6H9FO3. The van der Waals surface area contributed by atoms with Crippen molar-refractivity contribution < 1.29 is 19.0 Å². The molecule has 1 rings (SSSR count). The molecule has 58 valence electrons. The second-order valence-electron chi connectivity index (χ2n) is 2.38. The molecule has 0 N–H and O–H groups in total. The lowest BCUT2D eigenvalue weighted by Crippen LogP contribution is -2.07. The number of rotatable bonds is 2. The molecular weight excluding hydrogens is 139 g/mol. The number of carbonyl (C=O) groups is 1. The first-order chi connectivity index (χ1) is 4.83. The van der Waals surface area contributed by atoms with Crippen molar-refractivity contribution in [2.45, 2.75) is 12.8 Å². The summed E-state index contributed by atoms with van der Waals surface area (Å²) in [5, 5.41) is 0. The topological polar surface area (TPSA) is 35.5 Å². The summed E-state index contributed by atoms with van der Waals surface area (Å²) in [5.41, 5.74) is 0. The van der Waals surface area contributed by atoms with Gasteiger partial charge in [-0.25, -0.2) is 4.79 Å². The Labute approximate surface area is 58.0 Å². The molecule has 0 amide bonds. The van der Waals surface area contributed by atoms with E-state index >= 15 is 0 Å². The highest BCUT2D eigenvalue weighted by Gasteiger charge is 2.19. The smallest absolute Gasteiger partial charge is 0.349 e. The van der Waals surface area contributed by atoms with Gasteiger partial charge in [0, 0.05) is 11.1 Å². The SMILES string of the molecule is O=C(CC1CCOC1)OF. The van der Waals surface area contributed by atoms with Gasteiger partial charge in [-0.1, -0.05) is 0 Å². The molecule has 1 aliphatic rings. The second-order valence-corrected chi connectivity index (χ2v) is 2.38. The maximum absolute atomic E-state index is 11.1. The van der Waals surface area contributed by atoms with Crippen LogP contribution in [0.5, 0.6) is 0 Å². The number of carbonyl (C=O) groups excluding carboxylic acids is 1. The summed E-state index contributed by atoms with van der Waals surface area (Å²) in [6.07, 6.45) is 0.964. The van der Waals surface area contributed by atoms with Crippen molar-refractivity contribution >= 4 is 5.97 Å². The van der Waals surface area contributed by atoms with Gasteiger partial charge in [0.05, 0.1) is 13.0 Å². The van der Waals surface area contributed by atoms with Gasteiger partial charge < -0.3 is 4.74 Å². The van der Waals surface area contributed by atoms with E-state index in [0.717, 1.165) is 6.42 Å². The fourth-order valence-electron chi connectivity index (χ4n) is 1.01. The van der Waals surface area contributed by atoms with Gasteiger partial charge in [-0.2, -0.15) is 0 Å². The van der Waals surface area contributed by atoms with Crippen LogP contribution in [0.1, 0.15) is 12.8 Å². The van der Waals surface area contributed by atoms with Gasteiger partial charge in [0.1, 0.15) is 0 Å². The zero-order valence-corrected chi connectivity index (χ0v) is 5.51. The molecule has 0 spiro atoms. The van der Waals surface area contributed by atoms with E-state index in [0.29, 0.717) is 13.2 Å². The van der Waals surface area contributed by atoms with Crippen molar-refractivity contribution in [2.75, 3.05) is 13.2 Å². The van der Waals surface area contributed by atoms with Crippen LogP contribution < -0.4 is 0 Å². The Morgan fingerprint density at radius 1 is 1.80 bits per heavy atom. The van der Waals surface area contributed by atoms with Crippen LogP contribution in [-0.2, 0) is 14.5 Å². The maximum atomic E-state index is 11.1. The van der Waals surface area contributed by atoms with Gasteiger partial charge in [0.15, 0.2) is 0 Å². The van der Waals surface area contributed by atoms with Crippen LogP contribution in [0.25, 0.3) is 0 Å². The average molecular weight is 148 g/mol. The van der Waals surface area contributed by atoms with Gasteiger partial charge in [-0.05, 0) is 12.3 Å². The van der Waals surface area contributed by atoms with E-state index in [1.165, 1.54) is 0 Å². The van der Waals surface area contributed by atoms with Gasteiger partial charge in [0.25, 0.3) is 0 Å². The molecule has 0 aliphatic carbocycles. The molecule has 1 unspecified atom stereocenters. The lowest BCUT2D eigenvalue weighted by atomic mass is 10.1. The van der Waals surface area contributed by atoms with E-state index in [2.05, 4.69) is 4.94 Å². The number of ether oxygens (including phenoxy) is 1. The molecule has 0 aromatic rings. The predicted molar refractivity (Wildman–Crippen MR) is 30.7 cm³/mol. The van der Waals surface area contributed by atoms with E-state index < -0.39 is 5.97 Å². The van der Waals surface area contributed by atoms with Gasteiger partial charge in [0.2, 0.25) is 0 Å². The van der Waals surface area contributed by atoms with E-state index in [4.69, 9.17) is 4.74 Å². The standard InChI is InChI=1S/C6H9FO3/c7-10-6(8)3-5-1-2-9-4-5/h5H,1-4H2. The fourth-order valence-corrected chi connectivity index (χ4v) is 1.01. The minimum Gasteiger partial charge on any atom is -0.381 e. The Balaban J connectivity index is 2.17. The van der Waals surface area contributed by atoms with Crippen molar-refractivity contribution in [2.24, 2.45) is 5.92 Å². The summed E-state index contributed by atoms with van der Waals surface area (Å²) >= 11 is 0. The first-order valence-electron chi connectivity index (χ1n) is 3.22. The Bertz CT molecular complexity index is 120. The highest BCUT2D eigenvalue weighted by molar-refractivity contribution is 5.68. The van der Waals surface area contributed by atoms with E-state index in [1.54, 1.807) is 0 Å². The third-order valence-corrected chi connectivity index (χ3v) is 1.57. The molecule has 3 nitrogen and oxygen atoms in total. The summed E-state index contributed by atoms with van der Waals surface area (Å²) in [4.78, 5) is 13.3. The minimum atomic E-state index is -0.796. The first kappa shape index (κ1) is 7.47. The Hall–Kier alpha value is -0.640. The molecule has 0 saturated carbocycles. The van der Waals surface area contributed by atoms with E-state index in [-0.39, 0.29) is 12.3 Å². The van der Waals surface area contributed by atoms with Crippen LogP contribution in [0, 0.1) is 5.92 Å². The third kappa shape index (κ3) is 1.95. The van der Waals surface area contributed by atoms with Crippen LogP contribution in [0.15, 0.2) is 0 Å². The van der Waals surface area contributed by atoms with Crippen LogP contribution >= 0.6 is 0 Å². The summed E-state index contributed by atoms with van der Waals surface area (Å²) in [6.45, 7) is 1.22. The molecule has 1 atom stereocenters. The number of halogens is 1. The molecule has 1 aliphatic heterocycles. The van der Waals surface area contributed by atoms with E-state index in [1.807, 2.05) is 0 Å². The van der Waals surface area contributed by atoms with Gasteiger partial charge in [-0.15, -0.1) is 0 Å². The molecule has 4 heteroatoms. The highest BCUT2D eigenvalue weighted by atomic mass is 19.3. The minimum absolute atomic E-state index is 0.135. The summed E-state index contributed by atoms with van der Waals surface area (Å²) < 4.78 is 16.1. The Morgan fingerprint density at radius 3 is 3.10 bits per heavy atom. The van der Waals surface area contributed by atoms with Crippen LogP contribution in [0.4, 0.5) is 4.53 Å². The van der Waals surface area contributed by atoms with Crippen molar-refractivity contribution in [1.82, 2.24) is 0 Å². The monoisotopic (exact) mass is 148 g/mol. The maximum Gasteiger partial charge on any atom is 0.349 e. The summed E-state index contributed by atoms with van der Waals surface area (Å²) in [6, 6.07) is 0. The molecule has 10 heavy (non-hydrogen) atoms. The Morgan fingerprint density at radius 2 is 2.60 bits per heavy atom. The van der Waals surface area contributed by atoms with Crippen molar-refractivity contribution in [1.29, 1.82) is 0 Å². The number of hydrogen-bond donors (Lipinski definition) is 0. The zero-order valence-electron chi connectivity index (χ0n) is 5.51. The molecule has 0 aromatic heterocycles. The van der Waals surface area contributed by atoms with Crippen LogP contribution in [0.2, 0.25) is 0 Å². The van der Waals surface area contributed by atoms with E-state index in [9.17, 15) is 9.32 Å². The molecule has 1 heterocycles. The molecule has 1 saturated heterocycles. The van der Waals surface area contributed by atoms with Crippen molar-refractivity contribution in [3.8, 4) is 0 Å². The van der Waals surface area contributed by atoms with Crippen molar-refractivity contribution in [3.63, 3.8) is 0 Å². The average Bonchev–Trinajstić information content (AvgIpc) is 2.40. The molecule has 0 aromatic carbocycles. The highest BCUT2D eigenvalue weighted by Crippen LogP contribution is 2.16. The zero-order chi connectivity index (χ0) is 7.40. The molecule has 0 radical (unpaired) electrons. The Kier molecular flexibility index (Phi) is 2.62. The van der Waals surface area contributed by atoms with Gasteiger partial charge in [-0.3, -0.25) is 4.94 Å². The first-order valence-corrected chi connectivity index (χ1v) is 3.22. The summed E-state index contributed by atoms with van der Waals surface area (Å²) in [7, 11) is 0. The quantitative estimate of drug-likeness (QED) is 0.582. The summed E-state index contributed by atoms with van der Waals surface area (Å²) in [5.74, 6) is -0.640. The fraction of sp³-hybridized carbons (Fsp3) is 0.833. The lowest BCUT2D eigenvalue weighted by molar-refractivity contribution is -0.184. The van der Waals surface area contributed by atoms with Crippen molar-refractivity contribution in [3.05, 3.63) is 0 Å².